The van der Waals surface area contributed by atoms with Crippen LogP contribution in [-0.2, 0) is 9.59 Å². The van der Waals surface area contributed by atoms with Gasteiger partial charge in [-0.15, -0.1) is 0 Å². The lowest BCUT2D eigenvalue weighted by Gasteiger charge is -2.19. The molecular weight excluding hydrogens is 266 g/mol. The summed E-state index contributed by atoms with van der Waals surface area (Å²) in [4.78, 5) is 25.4. The number of benzene rings is 1. The Hall–Kier alpha value is -2.04. The lowest BCUT2D eigenvalue weighted by molar-refractivity contribution is -0.132. The van der Waals surface area contributed by atoms with Crippen LogP contribution in [-0.4, -0.2) is 36.3 Å². The first kappa shape index (κ1) is 17.0. The minimum Gasteiger partial charge on any atom is -0.399 e. The predicted molar refractivity (Wildman–Crippen MR) is 84.8 cm³/mol. The van der Waals surface area contributed by atoms with Crippen LogP contribution >= 0.6 is 0 Å². The second-order valence-corrected chi connectivity index (χ2v) is 5.11. The van der Waals surface area contributed by atoms with Crippen molar-refractivity contribution in [2.24, 2.45) is 0 Å². The number of carbonyl (C=O) groups excluding carboxylic acids is 2. The van der Waals surface area contributed by atoms with Crippen LogP contribution in [0.3, 0.4) is 0 Å². The Kier molecular flexibility index (Phi) is 6.72. The second kappa shape index (κ2) is 8.29. The summed E-state index contributed by atoms with van der Waals surface area (Å²) in [6.07, 6.45) is 0.357. The van der Waals surface area contributed by atoms with Crippen molar-refractivity contribution >= 4 is 17.5 Å². The molecule has 2 amide bonds. The van der Waals surface area contributed by atoms with Gasteiger partial charge in [-0.1, -0.05) is 19.1 Å². The Balaban J connectivity index is 2.43. The van der Waals surface area contributed by atoms with E-state index in [1.165, 1.54) is 0 Å². The highest BCUT2D eigenvalue weighted by Crippen LogP contribution is 2.19. The third-order valence-corrected chi connectivity index (χ3v) is 3.55. The molecule has 1 aromatic rings. The number of carbonyl (C=O) groups is 2. The van der Waals surface area contributed by atoms with Gasteiger partial charge >= 0.3 is 0 Å². The zero-order valence-electron chi connectivity index (χ0n) is 13.1. The molecule has 21 heavy (non-hydrogen) atoms. The number of amides is 2. The van der Waals surface area contributed by atoms with Gasteiger partial charge in [0.1, 0.15) is 0 Å². The fourth-order valence-electron chi connectivity index (χ4n) is 2.15. The van der Waals surface area contributed by atoms with Crippen molar-refractivity contribution in [1.82, 2.24) is 10.2 Å². The number of likely N-dealkylation sites (N-methyl/N-ethyl adjacent to an activating group) is 1. The van der Waals surface area contributed by atoms with Gasteiger partial charge in [0.05, 0.1) is 6.54 Å². The van der Waals surface area contributed by atoms with Crippen molar-refractivity contribution in [3.63, 3.8) is 0 Å². The van der Waals surface area contributed by atoms with Gasteiger partial charge in [-0.05, 0) is 37.5 Å². The normalized spacial score (nSPS) is 11.8. The molecule has 0 bridgehead atoms. The first-order valence-corrected chi connectivity index (χ1v) is 7.37. The molecule has 1 aromatic carbocycles. The molecule has 0 aliphatic heterocycles. The SMILES string of the molecule is CCN(CC)C(=O)CNC(=O)CC(C)c1ccc(N)cc1. The summed E-state index contributed by atoms with van der Waals surface area (Å²) in [7, 11) is 0. The minimum absolute atomic E-state index is 0.0477. The number of nitrogens with zero attached hydrogens (tertiary/aromatic N) is 1. The minimum atomic E-state index is -0.111. The van der Waals surface area contributed by atoms with Gasteiger partial charge in [0.25, 0.3) is 0 Å². The van der Waals surface area contributed by atoms with E-state index in [9.17, 15) is 9.59 Å². The third kappa shape index (κ3) is 5.45. The van der Waals surface area contributed by atoms with Crippen LogP contribution < -0.4 is 11.1 Å². The second-order valence-electron chi connectivity index (χ2n) is 5.11. The van der Waals surface area contributed by atoms with Gasteiger partial charge in [0, 0.05) is 25.2 Å². The highest BCUT2D eigenvalue weighted by molar-refractivity contribution is 5.85. The lowest BCUT2D eigenvalue weighted by Crippen LogP contribution is -2.40. The van der Waals surface area contributed by atoms with Crippen molar-refractivity contribution in [1.29, 1.82) is 0 Å². The number of nitrogen functional groups attached to an aromatic ring is 1. The quantitative estimate of drug-likeness (QED) is 0.751. The maximum atomic E-state index is 11.9. The molecule has 1 unspecified atom stereocenters. The van der Waals surface area contributed by atoms with Crippen molar-refractivity contribution < 1.29 is 9.59 Å². The molecule has 0 spiro atoms. The highest BCUT2D eigenvalue weighted by Gasteiger charge is 2.14. The lowest BCUT2D eigenvalue weighted by atomic mass is 9.97. The van der Waals surface area contributed by atoms with Crippen LogP contribution in [0.4, 0.5) is 5.69 Å². The van der Waals surface area contributed by atoms with Crippen LogP contribution in [0, 0.1) is 0 Å². The number of hydrogen-bond donors (Lipinski definition) is 2. The predicted octanol–water partition coefficient (Wildman–Crippen LogP) is 1.75. The molecule has 0 radical (unpaired) electrons. The summed E-state index contributed by atoms with van der Waals surface area (Å²) < 4.78 is 0. The molecular formula is C16H25N3O2. The number of rotatable bonds is 7. The van der Waals surface area contributed by atoms with Gasteiger partial charge in [-0.25, -0.2) is 0 Å². The zero-order chi connectivity index (χ0) is 15.8. The summed E-state index contributed by atoms with van der Waals surface area (Å²) in [5, 5.41) is 2.69. The van der Waals surface area contributed by atoms with Crippen molar-refractivity contribution in [2.75, 3.05) is 25.4 Å². The van der Waals surface area contributed by atoms with E-state index >= 15 is 0 Å². The van der Waals surface area contributed by atoms with E-state index in [-0.39, 0.29) is 24.3 Å². The average molecular weight is 291 g/mol. The van der Waals surface area contributed by atoms with Crippen LogP contribution in [0.15, 0.2) is 24.3 Å². The topological polar surface area (TPSA) is 75.4 Å². The largest absolute Gasteiger partial charge is 0.399 e. The van der Waals surface area contributed by atoms with E-state index < -0.39 is 0 Å². The first-order chi connectivity index (χ1) is 9.97. The molecule has 0 aliphatic carbocycles. The Morgan fingerprint density at radius 1 is 1.19 bits per heavy atom. The molecule has 5 nitrogen and oxygen atoms in total. The molecule has 116 valence electrons. The average Bonchev–Trinajstić information content (AvgIpc) is 2.47. The van der Waals surface area contributed by atoms with E-state index in [2.05, 4.69) is 5.32 Å². The molecule has 1 rings (SSSR count). The molecule has 0 heterocycles. The smallest absolute Gasteiger partial charge is 0.241 e. The Labute approximate surface area is 126 Å². The van der Waals surface area contributed by atoms with Gasteiger partial charge in [-0.3, -0.25) is 9.59 Å². The Morgan fingerprint density at radius 3 is 2.29 bits per heavy atom. The first-order valence-electron chi connectivity index (χ1n) is 7.37. The summed E-state index contributed by atoms with van der Waals surface area (Å²) >= 11 is 0. The summed E-state index contributed by atoms with van der Waals surface area (Å²) in [5.41, 5.74) is 7.42. The molecule has 0 aromatic heterocycles. The van der Waals surface area contributed by atoms with Crippen LogP contribution in [0.2, 0.25) is 0 Å². The molecule has 0 saturated carbocycles. The molecule has 0 saturated heterocycles. The van der Waals surface area contributed by atoms with Gasteiger partial charge < -0.3 is 16.0 Å². The van der Waals surface area contributed by atoms with Crippen LogP contribution in [0.25, 0.3) is 0 Å². The van der Waals surface area contributed by atoms with E-state index in [0.717, 1.165) is 5.56 Å². The van der Waals surface area contributed by atoms with Crippen molar-refractivity contribution in [2.45, 2.75) is 33.1 Å². The van der Waals surface area contributed by atoms with E-state index in [1.54, 1.807) is 4.90 Å². The summed E-state index contributed by atoms with van der Waals surface area (Å²) in [5.74, 6) is -0.0672. The van der Waals surface area contributed by atoms with E-state index in [0.29, 0.717) is 25.2 Å². The number of hydrogen-bond acceptors (Lipinski definition) is 3. The number of nitrogens with two attached hydrogens (primary N) is 1. The molecule has 0 aliphatic rings. The van der Waals surface area contributed by atoms with Crippen LogP contribution in [0.1, 0.15) is 38.7 Å². The fourth-order valence-corrected chi connectivity index (χ4v) is 2.15. The Morgan fingerprint density at radius 2 is 1.76 bits per heavy atom. The molecule has 0 fully saturated rings. The molecule has 1 atom stereocenters. The molecule has 3 N–H and O–H groups in total. The standard InChI is InChI=1S/C16H25N3O2/c1-4-19(5-2)16(21)11-18-15(20)10-12(3)13-6-8-14(17)9-7-13/h6-9,12H,4-5,10-11,17H2,1-3H3,(H,18,20). The van der Waals surface area contributed by atoms with Gasteiger partial charge in [-0.2, -0.15) is 0 Å². The monoisotopic (exact) mass is 291 g/mol. The Bertz CT molecular complexity index is 467. The number of nitrogens with one attached hydrogen (secondary N) is 1. The van der Waals surface area contributed by atoms with Crippen LogP contribution in [0.5, 0.6) is 0 Å². The van der Waals surface area contributed by atoms with E-state index in [1.807, 2.05) is 45.0 Å². The summed E-state index contributed by atoms with van der Waals surface area (Å²) in [6.45, 7) is 7.21. The maximum absolute atomic E-state index is 11.9. The third-order valence-electron chi connectivity index (χ3n) is 3.55. The van der Waals surface area contributed by atoms with E-state index in [4.69, 9.17) is 5.73 Å². The molecule has 5 heteroatoms. The van der Waals surface area contributed by atoms with Gasteiger partial charge in [0.2, 0.25) is 11.8 Å². The van der Waals surface area contributed by atoms with Crippen molar-refractivity contribution in [3.05, 3.63) is 29.8 Å². The number of anilines is 1. The zero-order valence-corrected chi connectivity index (χ0v) is 13.1. The summed E-state index contributed by atoms with van der Waals surface area (Å²) in [6, 6.07) is 7.50. The highest BCUT2D eigenvalue weighted by atomic mass is 16.2. The fraction of sp³-hybridized carbons (Fsp3) is 0.500. The van der Waals surface area contributed by atoms with Crippen molar-refractivity contribution in [3.8, 4) is 0 Å². The van der Waals surface area contributed by atoms with Gasteiger partial charge in [0.15, 0.2) is 0 Å². The maximum Gasteiger partial charge on any atom is 0.241 e.